The molecule has 1 aliphatic heterocycles. The fraction of sp³-hybridized carbons (Fsp3) is 0.316. The van der Waals surface area contributed by atoms with Crippen LogP contribution >= 0.6 is 11.6 Å². The summed E-state index contributed by atoms with van der Waals surface area (Å²) in [6.45, 7) is 3.31. The molecule has 27 heavy (non-hydrogen) atoms. The van der Waals surface area contributed by atoms with Gasteiger partial charge in [-0.05, 0) is 42.8 Å². The zero-order chi connectivity index (χ0) is 19.6. The summed E-state index contributed by atoms with van der Waals surface area (Å²) in [5.41, 5.74) is 7.13. The number of nitrogens with two attached hydrogens (primary N) is 1. The second kappa shape index (κ2) is 7.88. The van der Waals surface area contributed by atoms with Crippen LogP contribution in [-0.2, 0) is 21.2 Å². The lowest BCUT2D eigenvalue weighted by atomic mass is 10.1. The Kier molecular flexibility index (Phi) is 5.74. The van der Waals surface area contributed by atoms with Crippen LogP contribution in [0.4, 0.5) is 5.69 Å². The Hall–Kier alpha value is -2.09. The van der Waals surface area contributed by atoms with E-state index in [2.05, 4.69) is 4.90 Å². The zero-order valence-electron chi connectivity index (χ0n) is 15.0. The number of benzene rings is 2. The van der Waals surface area contributed by atoms with Crippen molar-refractivity contribution in [3.05, 3.63) is 59.1 Å². The van der Waals surface area contributed by atoms with Crippen LogP contribution < -0.4 is 10.6 Å². The molecule has 2 aromatic rings. The quantitative estimate of drug-likeness (QED) is 0.824. The summed E-state index contributed by atoms with van der Waals surface area (Å²) in [7, 11) is -3.59. The number of halogens is 1. The van der Waals surface area contributed by atoms with Crippen molar-refractivity contribution in [2.45, 2.75) is 24.3 Å². The maximum atomic E-state index is 13.0. The van der Waals surface area contributed by atoms with Crippen LogP contribution in [-0.4, -0.2) is 44.3 Å². The molecule has 1 fully saturated rings. The van der Waals surface area contributed by atoms with Gasteiger partial charge in [0.1, 0.15) is 0 Å². The van der Waals surface area contributed by atoms with Crippen molar-refractivity contribution in [1.82, 2.24) is 4.31 Å². The lowest BCUT2D eigenvalue weighted by Crippen LogP contribution is -2.54. The summed E-state index contributed by atoms with van der Waals surface area (Å²) >= 11 is 5.87. The number of primary amides is 1. The molecular weight excluding hydrogens is 386 g/mol. The fourth-order valence-corrected chi connectivity index (χ4v) is 5.15. The molecule has 0 radical (unpaired) electrons. The summed E-state index contributed by atoms with van der Waals surface area (Å²) in [4.78, 5) is 13.7. The number of nitrogens with zero attached hydrogens (tertiary/aromatic N) is 2. The Morgan fingerprint density at radius 3 is 2.44 bits per heavy atom. The molecule has 0 aromatic heterocycles. The molecule has 8 heteroatoms. The van der Waals surface area contributed by atoms with Crippen molar-refractivity contribution in [1.29, 1.82) is 0 Å². The minimum absolute atomic E-state index is 0.161. The average molecular weight is 408 g/mol. The second-order valence-electron chi connectivity index (χ2n) is 6.64. The van der Waals surface area contributed by atoms with Gasteiger partial charge in [0, 0.05) is 36.4 Å². The van der Waals surface area contributed by atoms with Gasteiger partial charge in [0.15, 0.2) is 0 Å². The third kappa shape index (κ3) is 4.26. The predicted octanol–water partition coefficient (Wildman–Crippen LogP) is 2.27. The van der Waals surface area contributed by atoms with Gasteiger partial charge in [-0.3, -0.25) is 4.79 Å². The van der Waals surface area contributed by atoms with Crippen LogP contribution in [0.2, 0.25) is 5.02 Å². The zero-order valence-corrected chi connectivity index (χ0v) is 16.6. The van der Waals surface area contributed by atoms with Crippen LogP contribution in [0.25, 0.3) is 0 Å². The van der Waals surface area contributed by atoms with E-state index in [1.807, 2.05) is 31.2 Å². The van der Waals surface area contributed by atoms with Gasteiger partial charge in [-0.2, -0.15) is 4.31 Å². The van der Waals surface area contributed by atoms with Crippen LogP contribution in [0.5, 0.6) is 0 Å². The molecule has 1 aliphatic rings. The van der Waals surface area contributed by atoms with Crippen LogP contribution in [0, 0.1) is 0 Å². The van der Waals surface area contributed by atoms with E-state index in [0.29, 0.717) is 24.7 Å². The SMILES string of the molecule is C[C@@H]1CN(c2ccccc2CC(N)=O)CCN1S(=O)(=O)c1ccc(Cl)cc1. The Morgan fingerprint density at radius 2 is 1.81 bits per heavy atom. The molecule has 6 nitrogen and oxygen atoms in total. The Balaban J connectivity index is 1.80. The second-order valence-corrected chi connectivity index (χ2v) is 8.96. The summed E-state index contributed by atoms with van der Waals surface area (Å²) in [5.74, 6) is -0.389. The summed E-state index contributed by atoms with van der Waals surface area (Å²) < 4.78 is 27.5. The van der Waals surface area contributed by atoms with Gasteiger partial charge in [-0.25, -0.2) is 8.42 Å². The number of sulfonamides is 1. The Morgan fingerprint density at radius 1 is 1.15 bits per heavy atom. The number of anilines is 1. The van der Waals surface area contributed by atoms with Gasteiger partial charge >= 0.3 is 0 Å². The van der Waals surface area contributed by atoms with E-state index in [9.17, 15) is 13.2 Å². The van der Waals surface area contributed by atoms with E-state index < -0.39 is 10.0 Å². The van der Waals surface area contributed by atoms with Crippen molar-refractivity contribution < 1.29 is 13.2 Å². The molecule has 144 valence electrons. The van der Waals surface area contributed by atoms with E-state index in [1.165, 1.54) is 16.4 Å². The van der Waals surface area contributed by atoms with Gasteiger partial charge in [0.2, 0.25) is 15.9 Å². The Labute approximate surface area is 164 Å². The van der Waals surface area contributed by atoms with E-state index in [-0.39, 0.29) is 23.3 Å². The monoisotopic (exact) mass is 407 g/mol. The van der Waals surface area contributed by atoms with Crippen molar-refractivity contribution in [2.75, 3.05) is 24.5 Å². The van der Waals surface area contributed by atoms with Crippen LogP contribution in [0.15, 0.2) is 53.4 Å². The Bertz CT molecular complexity index is 931. The van der Waals surface area contributed by atoms with Gasteiger partial charge in [0.25, 0.3) is 0 Å². The average Bonchev–Trinajstić information content (AvgIpc) is 2.61. The maximum absolute atomic E-state index is 13.0. The molecular formula is C19H22ClN3O3S. The highest BCUT2D eigenvalue weighted by Crippen LogP contribution is 2.27. The first-order chi connectivity index (χ1) is 12.8. The number of carbonyl (C=O) groups is 1. The molecule has 0 spiro atoms. The number of hydrogen-bond donors (Lipinski definition) is 1. The number of carbonyl (C=O) groups excluding carboxylic acids is 1. The van der Waals surface area contributed by atoms with Gasteiger partial charge in [-0.15, -0.1) is 0 Å². The normalized spacial score (nSPS) is 18.4. The highest BCUT2D eigenvalue weighted by molar-refractivity contribution is 7.89. The number of para-hydroxylation sites is 1. The molecule has 1 saturated heterocycles. The van der Waals surface area contributed by atoms with E-state index >= 15 is 0 Å². The first-order valence-electron chi connectivity index (χ1n) is 8.67. The van der Waals surface area contributed by atoms with Gasteiger partial charge in [0.05, 0.1) is 11.3 Å². The molecule has 0 aliphatic carbocycles. The molecule has 3 rings (SSSR count). The predicted molar refractivity (Wildman–Crippen MR) is 106 cm³/mol. The van der Waals surface area contributed by atoms with Crippen molar-refractivity contribution in [3.8, 4) is 0 Å². The van der Waals surface area contributed by atoms with Crippen molar-refractivity contribution in [2.24, 2.45) is 5.73 Å². The summed E-state index contributed by atoms with van der Waals surface area (Å²) in [6.07, 6.45) is 0.161. The third-order valence-corrected chi connectivity index (χ3v) is 6.96. The summed E-state index contributed by atoms with van der Waals surface area (Å²) in [5, 5.41) is 0.498. The number of hydrogen-bond acceptors (Lipinski definition) is 4. The maximum Gasteiger partial charge on any atom is 0.243 e. The number of rotatable bonds is 5. The highest BCUT2D eigenvalue weighted by Gasteiger charge is 2.34. The lowest BCUT2D eigenvalue weighted by Gasteiger charge is -2.40. The molecule has 0 saturated carbocycles. The van der Waals surface area contributed by atoms with Gasteiger partial charge in [-0.1, -0.05) is 29.8 Å². The smallest absolute Gasteiger partial charge is 0.243 e. The number of amides is 1. The number of piperazine rings is 1. The van der Waals surface area contributed by atoms with Gasteiger partial charge < -0.3 is 10.6 Å². The summed E-state index contributed by atoms with van der Waals surface area (Å²) in [6, 6.07) is 13.6. The highest BCUT2D eigenvalue weighted by atomic mass is 35.5. The van der Waals surface area contributed by atoms with E-state index in [1.54, 1.807) is 12.1 Å². The van der Waals surface area contributed by atoms with Crippen LogP contribution in [0.1, 0.15) is 12.5 Å². The minimum atomic E-state index is -3.59. The molecule has 2 aromatic carbocycles. The lowest BCUT2D eigenvalue weighted by molar-refractivity contribution is -0.117. The molecule has 0 bridgehead atoms. The van der Waals surface area contributed by atoms with Crippen molar-refractivity contribution >= 4 is 33.2 Å². The fourth-order valence-electron chi connectivity index (χ4n) is 3.42. The molecule has 1 amide bonds. The van der Waals surface area contributed by atoms with Crippen molar-refractivity contribution in [3.63, 3.8) is 0 Å². The standard InChI is InChI=1S/C19H22ClN3O3S/c1-14-13-22(18-5-3-2-4-15(18)12-19(21)24)10-11-23(14)27(25,26)17-8-6-16(20)7-9-17/h2-9,14H,10-13H2,1H3,(H2,21,24)/t14-/m1/s1. The first kappa shape index (κ1) is 19.7. The molecule has 0 unspecified atom stereocenters. The third-order valence-electron chi connectivity index (χ3n) is 4.68. The van der Waals surface area contributed by atoms with E-state index in [4.69, 9.17) is 17.3 Å². The van der Waals surface area contributed by atoms with E-state index in [0.717, 1.165) is 11.3 Å². The molecule has 1 heterocycles. The first-order valence-corrected chi connectivity index (χ1v) is 10.5. The largest absolute Gasteiger partial charge is 0.369 e. The minimum Gasteiger partial charge on any atom is -0.369 e. The topological polar surface area (TPSA) is 83.7 Å². The molecule has 2 N–H and O–H groups in total. The molecule has 1 atom stereocenters. The van der Waals surface area contributed by atoms with Crippen LogP contribution in [0.3, 0.4) is 0 Å².